The lowest BCUT2D eigenvalue weighted by atomic mass is 10.5. The summed E-state index contributed by atoms with van der Waals surface area (Å²) >= 11 is 3.28. The molecule has 0 fully saturated rings. The molecule has 0 aliphatic rings. The molecule has 92 valence electrons. The average molecular weight is 312 g/mol. The number of rotatable bonds is 6. The van der Waals surface area contributed by atoms with Gasteiger partial charge in [0, 0.05) is 19.9 Å². The van der Waals surface area contributed by atoms with Crippen LogP contribution in [-0.2, 0) is 32.2 Å². The van der Waals surface area contributed by atoms with Crippen molar-refractivity contribution < 1.29 is 13.2 Å². The normalized spacial score (nSPS) is 11.9. The second-order valence-electron chi connectivity index (χ2n) is 3.38. The number of hydrogen-bond acceptors (Lipinski definition) is 5. The monoisotopic (exact) mass is 311 g/mol. The van der Waals surface area contributed by atoms with Gasteiger partial charge < -0.3 is 9.30 Å². The van der Waals surface area contributed by atoms with E-state index in [-0.39, 0.29) is 5.75 Å². The molecule has 0 bridgehead atoms. The van der Waals surface area contributed by atoms with Crippen LogP contribution in [0.5, 0.6) is 0 Å². The molecule has 0 N–H and O–H groups in total. The first-order valence-electron chi connectivity index (χ1n) is 4.61. The molecular formula is C8H14BrN3O3S. The van der Waals surface area contributed by atoms with Gasteiger partial charge in [0.25, 0.3) is 0 Å². The summed E-state index contributed by atoms with van der Waals surface area (Å²) in [4.78, 5) is 0. The third-order valence-electron chi connectivity index (χ3n) is 1.93. The van der Waals surface area contributed by atoms with E-state index in [4.69, 9.17) is 4.74 Å². The van der Waals surface area contributed by atoms with Gasteiger partial charge in [0.05, 0.1) is 11.9 Å². The van der Waals surface area contributed by atoms with Crippen molar-refractivity contribution in [3.8, 4) is 0 Å². The Morgan fingerprint density at radius 2 is 2.00 bits per heavy atom. The van der Waals surface area contributed by atoms with E-state index in [2.05, 4.69) is 26.1 Å². The Balaban J connectivity index is 2.95. The largest absolute Gasteiger partial charge is 0.383 e. The first-order chi connectivity index (χ1) is 7.48. The molecule has 0 radical (unpaired) electrons. The fourth-order valence-electron chi connectivity index (χ4n) is 1.25. The molecule has 1 aromatic rings. The molecule has 1 rings (SSSR count). The SMILES string of the molecule is COCCn1c(CBr)nnc1CS(C)(=O)=O. The van der Waals surface area contributed by atoms with Crippen LogP contribution in [0, 0.1) is 0 Å². The molecule has 16 heavy (non-hydrogen) atoms. The molecule has 1 heterocycles. The minimum atomic E-state index is -3.10. The standard InChI is InChI=1S/C8H14BrN3O3S/c1-15-4-3-12-7(5-9)10-11-8(12)6-16(2,13)14/h3-6H2,1-2H3. The van der Waals surface area contributed by atoms with Gasteiger partial charge in [-0.2, -0.15) is 0 Å². The third kappa shape index (κ3) is 3.84. The maximum Gasteiger partial charge on any atom is 0.154 e. The van der Waals surface area contributed by atoms with Crippen LogP contribution in [0.1, 0.15) is 11.6 Å². The summed E-state index contributed by atoms with van der Waals surface area (Å²) < 4.78 is 29.1. The van der Waals surface area contributed by atoms with Crippen LogP contribution in [0.2, 0.25) is 0 Å². The number of methoxy groups -OCH3 is 1. The predicted molar refractivity (Wildman–Crippen MR) is 63.1 cm³/mol. The fraction of sp³-hybridized carbons (Fsp3) is 0.750. The highest BCUT2D eigenvalue weighted by Crippen LogP contribution is 2.09. The van der Waals surface area contributed by atoms with E-state index in [1.54, 1.807) is 11.7 Å². The molecule has 0 saturated heterocycles. The van der Waals surface area contributed by atoms with Crippen molar-refractivity contribution >= 4 is 25.8 Å². The summed E-state index contributed by atoms with van der Waals surface area (Å²) in [6.45, 7) is 1.05. The second kappa shape index (κ2) is 5.74. The van der Waals surface area contributed by atoms with Crippen molar-refractivity contribution in [2.75, 3.05) is 20.0 Å². The van der Waals surface area contributed by atoms with E-state index in [1.165, 1.54) is 6.26 Å². The van der Waals surface area contributed by atoms with Crippen LogP contribution < -0.4 is 0 Å². The number of ether oxygens (including phenoxy) is 1. The topological polar surface area (TPSA) is 74.1 Å². The predicted octanol–water partition coefficient (Wildman–Crippen LogP) is 0.364. The number of nitrogens with zero attached hydrogens (tertiary/aromatic N) is 3. The zero-order valence-corrected chi connectivity index (χ0v) is 11.6. The second-order valence-corrected chi connectivity index (χ2v) is 6.08. The molecule has 1 aromatic heterocycles. The van der Waals surface area contributed by atoms with Crippen LogP contribution in [0.15, 0.2) is 0 Å². The fourth-order valence-corrected chi connectivity index (χ4v) is 2.35. The van der Waals surface area contributed by atoms with Gasteiger partial charge in [-0.3, -0.25) is 0 Å². The van der Waals surface area contributed by atoms with Gasteiger partial charge in [-0.1, -0.05) is 15.9 Å². The summed E-state index contributed by atoms with van der Waals surface area (Å²) in [5.41, 5.74) is 0. The van der Waals surface area contributed by atoms with Crippen molar-refractivity contribution in [1.82, 2.24) is 14.8 Å². The Morgan fingerprint density at radius 3 is 2.50 bits per heavy atom. The number of alkyl halides is 1. The molecule has 0 saturated carbocycles. The zero-order chi connectivity index (χ0) is 12.2. The molecular weight excluding hydrogens is 298 g/mol. The van der Waals surface area contributed by atoms with Gasteiger partial charge in [0.15, 0.2) is 9.84 Å². The zero-order valence-electron chi connectivity index (χ0n) is 9.18. The molecule has 0 atom stereocenters. The Labute approximate surface area is 103 Å². The lowest BCUT2D eigenvalue weighted by Crippen LogP contribution is -2.14. The van der Waals surface area contributed by atoms with Gasteiger partial charge in [0.1, 0.15) is 17.4 Å². The molecule has 0 amide bonds. The summed E-state index contributed by atoms with van der Waals surface area (Å²) in [7, 11) is -1.51. The molecule has 0 spiro atoms. The molecule has 0 aliphatic heterocycles. The highest BCUT2D eigenvalue weighted by atomic mass is 79.9. The van der Waals surface area contributed by atoms with Crippen molar-refractivity contribution in [3.05, 3.63) is 11.6 Å². The van der Waals surface area contributed by atoms with Crippen LogP contribution in [0.3, 0.4) is 0 Å². The highest BCUT2D eigenvalue weighted by molar-refractivity contribution is 9.08. The maximum atomic E-state index is 11.2. The van der Waals surface area contributed by atoms with Crippen molar-refractivity contribution in [2.45, 2.75) is 17.6 Å². The van der Waals surface area contributed by atoms with Gasteiger partial charge in [-0.15, -0.1) is 10.2 Å². The van der Waals surface area contributed by atoms with E-state index >= 15 is 0 Å². The number of aromatic nitrogens is 3. The Bertz CT molecular complexity index is 443. The first-order valence-corrected chi connectivity index (χ1v) is 7.79. The lowest BCUT2D eigenvalue weighted by molar-refractivity contribution is 0.185. The van der Waals surface area contributed by atoms with E-state index in [1.807, 2.05) is 0 Å². The van der Waals surface area contributed by atoms with Gasteiger partial charge in [0.2, 0.25) is 0 Å². The van der Waals surface area contributed by atoms with E-state index < -0.39 is 9.84 Å². The van der Waals surface area contributed by atoms with E-state index in [0.29, 0.717) is 30.1 Å². The van der Waals surface area contributed by atoms with Crippen molar-refractivity contribution in [1.29, 1.82) is 0 Å². The highest BCUT2D eigenvalue weighted by Gasteiger charge is 2.15. The summed E-state index contributed by atoms with van der Waals surface area (Å²) in [5.74, 6) is 1.06. The number of hydrogen-bond donors (Lipinski definition) is 0. The first kappa shape index (κ1) is 13.6. The van der Waals surface area contributed by atoms with Gasteiger partial charge in [-0.25, -0.2) is 8.42 Å². The van der Waals surface area contributed by atoms with Crippen LogP contribution in [0.25, 0.3) is 0 Å². The molecule has 0 aliphatic carbocycles. The van der Waals surface area contributed by atoms with E-state index in [0.717, 1.165) is 0 Å². The molecule has 6 nitrogen and oxygen atoms in total. The Morgan fingerprint density at radius 1 is 1.38 bits per heavy atom. The van der Waals surface area contributed by atoms with E-state index in [9.17, 15) is 8.42 Å². The Kier molecular flexibility index (Phi) is 4.88. The lowest BCUT2D eigenvalue weighted by Gasteiger charge is -2.07. The smallest absolute Gasteiger partial charge is 0.154 e. The third-order valence-corrected chi connectivity index (χ3v) is 3.22. The molecule has 0 unspecified atom stereocenters. The van der Waals surface area contributed by atoms with Crippen molar-refractivity contribution in [3.63, 3.8) is 0 Å². The summed E-state index contributed by atoms with van der Waals surface area (Å²) in [6.07, 6.45) is 1.18. The molecule has 0 aromatic carbocycles. The van der Waals surface area contributed by atoms with Crippen LogP contribution >= 0.6 is 15.9 Å². The van der Waals surface area contributed by atoms with Gasteiger partial charge in [-0.05, 0) is 0 Å². The number of sulfone groups is 1. The average Bonchev–Trinajstić information content (AvgIpc) is 2.55. The Hall–Kier alpha value is -0.470. The minimum absolute atomic E-state index is 0.100. The number of halogens is 1. The van der Waals surface area contributed by atoms with Crippen LogP contribution in [0.4, 0.5) is 0 Å². The van der Waals surface area contributed by atoms with Gasteiger partial charge >= 0.3 is 0 Å². The quantitative estimate of drug-likeness (QED) is 0.709. The minimum Gasteiger partial charge on any atom is -0.383 e. The van der Waals surface area contributed by atoms with Crippen LogP contribution in [-0.4, -0.2) is 43.2 Å². The maximum absolute atomic E-state index is 11.2. The van der Waals surface area contributed by atoms with Crippen molar-refractivity contribution in [2.24, 2.45) is 0 Å². The molecule has 8 heteroatoms. The summed E-state index contributed by atoms with van der Waals surface area (Å²) in [6, 6.07) is 0. The summed E-state index contributed by atoms with van der Waals surface area (Å²) in [5, 5.41) is 8.33.